The Kier molecular flexibility index (Phi) is 5.18. The first-order valence-corrected chi connectivity index (χ1v) is 9.35. The standard InChI is InChI=1S/C19H22N4O2S/c1-12-15(16(23-25-12)19(2,3)4)17(24)21-10-8-13-11-26-18(22-13)14-7-5-6-9-20-14/h5-7,9,11H,8,10H2,1-4H3,(H,21,24). The van der Waals surface area contributed by atoms with Gasteiger partial charge in [-0.1, -0.05) is 32.0 Å². The van der Waals surface area contributed by atoms with E-state index in [1.54, 1.807) is 24.5 Å². The molecule has 3 aromatic heterocycles. The summed E-state index contributed by atoms with van der Waals surface area (Å²) in [6.07, 6.45) is 2.41. The van der Waals surface area contributed by atoms with E-state index in [-0.39, 0.29) is 11.3 Å². The van der Waals surface area contributed by atoms with Gasteiger partial charge in [0.15, 0.2) is 0 Å². The first-order valence-electron chi connectivity index (χ1n) is 8.47. The molecule has 1 amide bonds. The van der Waals surface area contributed by atoms with E-state index >= 15 is 0 Å². The Labute approximate surface area is 156 Å². The van der Waals surface area contributed by atoms with Crippen molar-refractivity contribution in [3.8, 4) is 10.7 Å². The van der Waals surface area contributed by atoms with Crippen LogP contribution in [0.15, 0.2) is 34.3 Å². The maximum absolute atomic E-state index is 12.6. The molecular weight excluding hydrogens is 348 g/mol. The highest BCUT2D eigenvalue weighted by Crippen LogP contribution is 2.27. The molecule has 0 saturated heterocycles. The Morgan fingerprint density at radius 1 is 1.31 bits per heavy atom. The molecule has 3 heterocycles. The van der Waals surface area contributed by atoms with Crippen LogP contribution in [-0.2, 0) is 11.8 Å². The fourth-order valence-corrected chi connectivity index (χ4v) is 3.40. The number of hydrogen-bond donors (Lipinski definition) is 1. The summed E-state index contributed by atoms with van der Waals surface area (Å²) in [6.45, 7) is 8.29. The normalized spacial score (nSPS) is 11.5. The second-order valence-electron chi connectivity index (χ2n) is 7.08. The number of carbonyl (C=O) groups excluding carboxylic acids is 1. The summed E-state index contributed by atoms with van der Waals surface area (Å²) in [5.74, 6) is 0.382. The molecule has 0 bridgehead atoms. The lowest BCUT2D eigenvalue weighted by molar-refractivity contribution is 0.0950. The molecular formula is C19H22N4O2S. The number of nitrogens with one attached hydrogen (secondary N) is 1. The highest BCUT2D eigenvalue weighted by Gasteiger charge is 2.28. The SMILES string of the molecule is Cc1onc(C(C)(C)C)c1C(=O)NCCc1csc(-c2ccccn2)n1. The molecule has 0 atom stereocenters. The topological polar surface area (TPSA) is 80.9 Å². The maximum atomic E-state index is 12.6. The van der Waals surface area contributed by atoms with Gasteiger partial charge in [0.25, 0.3) is 5.91 Å². The van der Waals surface area contributed by atoms with Gasteiger partial charge in [-0.25, -0.2) is 4.98 Å². The molecule has 1 N–H and O–H groups in total. The zero-order valence-corrected chi connectivity index (χ0v) is 16.2. The smallest absolute Gasteiger partial charge is 0.256 e. The van der Waals surface area contributed by atoms with Crippen molar-refractivity contribution in [1.29, 1.82) is 0 Å². The van der Waals surface area contributed by atoms with Gasteiger partial charge in [-0.2, -0.15) is 0 Å². The van der Waals surface area contributed by atoms with Gasteiger partial charge in [0, 0.05) is 30.0 Å². The van der Waals surface area contributed by atoms with Crippen LogP contribution in [0.4, 0.5) is 0 Å². The summed E-state index contributed by atoms with van der Waals surface area (Å²) in [5.41, 5.74) is 2.76. The average Bonchev–Trinajstić information content (AvgIpc) is 3.22. The summed E-state index contributed by atoms with van der Waals surface area (Å²) in [6, 6.07) is 5.76. The van der Waals surface area contributed by atoms with Gasteiger partial charge < -0.3 is 9.84 Å². The van der Waals surface area contributed by atoms with Gasteiger partial charge in [0.05, 0.1) is 11.4 Å². The number of amides is 1. The largest absolute Gasteiger partial charge is 0.361 e. The summed E-state index contributed by atoms with van der Waals surface area (Å²) >= 11 is 1.56. The van der Waals surface area contributed by atoms with Gasteiger partial charge >= 0.3 is 0 Å². The lowest BCUT2D eigenvalue weighted by Crippen LogP contribution is -2.29. The minimum Gasteiger partial charge on any atom is -0.361 e. The lowest BCUT2D eigenvalue weighted by Gasteiger charge is -2.16. The Balaban J connectivity index is 1.62. The third-order valence-corrected chi connectivity index (χ3v) is 4.82. The number of aryl methyl sites for hydroxylation is 1. The zero-order valence-electron chi connectivity index (χ0n) is 15.4. The Hall–Kier alpha value is -2.54. The van der Waals surface area contributed by atoms with Crippen molar-refractivity contribution in [2.45, 2.75) is 39.5 Å². The van der Waals surface area contributed by atoms with E-state index in [4.69, 9.17) is 4.52 Å². The zero-order chi connectivity index (χ0) is 18.7. The van der Waals surface area contributed by atoms with E-state index in [1.807, 2.05) is 44.4 Å². The average molecular weight is 370 g/mol. The number of hydrogen-bond acceptors (Lipinski definition) is 6. The van der Waals surface area contributed by atoms with Crippen molar-refractivity contribution in [3.05, 3.63) is 52.5 Å². The first-order chi connectivity index (χ1) is 12.4. The molecule has 7 heteroatoms. The molecule has 0 unspecified atom stereocenters. The van der Waals surface area contributed by atoms with E-state index in [2.05, 4.69) is 20.4 Å². The van der Waals surface area contributed by atoms with Crippen LogP contribution in [-0.4, -0.2) is 27.6 Å². The number of aromatic nitrogens is 3. The maximum Gasteiger partial charge on any atom is 0.256 e. The Morgan fingerprint density at radius 3 is 2.81 bits per heavy atom. The van der Waals surface area contributed by atoms with Gasteiger partial charge in [-0.15, -0.1) is 11.3 Å². The minimum atomic E-state index is -0.253. The van der Waals surface area contributed by atoms with E-state index in [1.165, 1.54) is 0 Å². The number of carbonyl (C=O) groups is 1. The van der Waals surface area contributed by atoms with Crippen LogP contribution in [0.25, 0.3) is 10.7 Å². The Bertz CT molecular complexity index is 894. The lowest BCUT2D eigenvalue weighted by atomic mass is 9.88. The molecule has 0 aliphatic rings. The van der Waals surface area contributed by atoms with Crippen LogP contribution >= 0.6 is 11.3 Å². The highest BCUT2D eigenvalue weighted by molar-refractivity contribution is 7.13. The molecule has 3 rings (SSSR count). The van der Waals surface area contributed by atoms with Crippen molar-refractivity contribution >= 4 is 17.2 Å². The summed E-state index contributed by atoms with van der Waals surface area (Å²) in [7, 11) is 0. The molecule has 136 valence electrons. The number of thiazole rings is 1. The monoisotopic (exact) mass is 370 g/mol. The van der Waals surface area contributed by atoms with Crippen LogP contribution in [0.2, 0.25) is 0 Å². The fourth-order valence-electron chi connectivity index (χ4n) is 2.57. The predicted molar refractivity (Wildman–Crippen MR) is 101 cm³/mol. The fraction of sp³-hybridized carbons (Fsp3) is 0.368. The molecule has 0 radical (unpaired) electrons. The van der Waals surface area contributed by atoms with Crippen molar-refractivity contribution in [2.24, 2.45) is 0 Å². The Morgan fingerprint density at radius 2 is 2.12 bits per heavy atom. The summed E-state index contributed by atoms with van der Waals surface area (Å²) in [4.78, 5) is 21.5. The highest BCUT2D eigenvalue weighted by atomic mass is 32.1. The molecule has 26 heavy (non-hydrogen) atoms. The second-order valence-corrected chi connectivity index (χ2v) is 7.94. The van der Waals surface area contributed by atoms with Crippen molar-refractivity contribution in [1.82, 2.24) is 20.4 Å². The van der Waals surface area contributed by atoms with Gasteiger partial charge in [0.2, 0.25) is 0 Å². The summed E-state index contributed by atoms with van der Waals surface area (Å²) < 4.78 is 5.23. The predicted octanol–water partition coefficient (Wildman–Crippen LogP) is 3.77. The molecule has 0 aromatic carbocycles. The second kappa shape index (κ2) is 7.37. The molecule has 6 nitrogen and oxygen atoms in total. The third kappa shape index (κ3) is 3.99. The molecule has 0 saturated carbocycles. The van der Waals surface area contributed by atoms with E-state index in [0.29, 0.717) is 30.0 Å². The molecule has 0 fully saturated rings. The van der Waals surface area contributed by atoms with Gasteiger partial charge in [-0.05, 0) is 19.1 Å². The van der Waals surface area contributed by atoms with Crippen molar-refractivity contribution in [2.75, 3.05) is 6.54 Å². The summed E-state index contributed by atoms with van der Waals surface area (Å²) in [5, 5.41) is 9.89. The number of rotatable bonds is 5. The van der Waals surface area contributed by atoms with Crippen LogP contribution in [0, 0.1) is 6.92 Å². The molecule has 0 aliphatic heterocycles. The van der Waals surface area contributed by atoms with Gasteiger partial charge in [0.1, 0.15) is 22.0 Å². The van der Waals surface area contributed by atoms with E-state index in [9.17, 15) is 4.79 Å². The number of nitrogens with zero attached hydrogens (tertiary/aromatic N) is 3. The van der Waals surface area contributed by atoms with E-state index in [0.717, 1.165) is 16.4 Å². The quantitative estimate of drug-likeness (QED) is 0.739. The molecule has 0 aliphatic carbocycles. The number of pyridine rings is 1. The van der Waals surface area contributed by atoms with Crippen LogP contribution in [0.5, 0.6) is 0 Å². The van der Waals surface area contributed by atoms with Crippen LogP contribution < -0.4 is 5.32 Å². The molecule has 0 spiro atoms. The van der Waals surface area contributed by atoms with E-state index < -0.39 is 0 Å². The van der Waals surface area contributed by atoms with Crippen molar-refractivity contribution < 1.29 is 9.32 Å². The van der Waals surface area contributed by atoms with Crippen LogP contribution in [0.1, 0.15) is 48.3 Å². The molecule has 3 aromatic rings. The van der Waals surface area contributed by atoms with Crippen molar-refractivity contribution in [3.63, 3.8) is 0 Å². The minimum absolute atomic E-state index is 0.158. The third-order valence-electron chi connectivity index (χ3n) is 3.90. The van der Waals surface area contributed by atoms with Crippen LogP contribution in [0.3, 0.4) is 0 Å². The first kappa shape index (κ1) is 18.3. The van der Waals surface area contributed by atoms with Gasteiger partial charge in [-0.3, -0.25) is 9.78 Å².